The Balaban J connectivity index is 2.62. The van der Waals surface area contributed by atoms with E-state index in [1.54, 1.807) is 7.11 Å². The number of hydrogen-bond acceptors (Lipinski definition) is 3. The fourth-order valence-corrected chi connectivity index (χ4v) is 2.25. The van der Waals surface area contributed by atoms with E-state index in [9.17, 15) is 0 Å². The van der Waals surface area contributed by atoms with E-state index in [0.29, 0.717) is 25.0 Å². The van der Waals surface area contributed by atoms with Crippen LogP contribution in [0, 0.1) is 5.92 Å². The average Bonchev–Trinajstić information content (AvgIpc) is 2.47. The lowest BCUT2D eigenvalue weighted by Crippen LogP contribution is -2.24. The molecule has 0 aliphatic carbocycles. The third-order valence-corrected chi connectivity index (χ3v) is 3.33. The van der Waals surface area contributed by atoms with Crippen molar-refractivity contribution in [2.24, 2.45) is 16.6 Å². The summed E-state index contributed by atoms with van der Waals surface area (Å²) in [6, 6.07) is 7.85. The van der Waals surface area contributed by atoms with Gasteiger partial charge < -0.3 is 20.9 Å². The fraction of sp³-hybridized carbons (Fsp3) is 0.562. The van der Waals surface area contributed by atoms with Gasteiger partial charge in [-0.1, -0.05) is 31.5 Å². The van der Waals surface area contributed by atoms with Gasteiger partial charge in [-0.3, -0.25) is 4.99 Å². The maximum Gasteiger partial charge on any atom is 0.193 e. The van der Waals surface area contributed by atoms with Gasteiger partial charge in [-0.2, -0.15) is 0 Å². The number of hydrogen-bond donors (Lipinski definition) is 3. The van der Waals surface area contributed by atoms with Crippen LogP contribution in [0.1, 0.15) is 31.7 Å². The molecule has 1 aromatic rings. The zero-order valence-corrected chi connectivity index (χ0v) is 13.0. The standard InChI is InChI=1S/C16H27N3O2/c1-3-6-13(9-10-20)11-18-16(17)19-15-8-5-4-7-14(15)12-21-2/h4-5,7-8,13,20H,3,6,9-12H2,1-2H3,(H3,17,18,19). The third-order valence-electron chi connectivity index (χ3n) is 3.33. The van der Waals surface area contributed by atoms with Crippen LogP contribution in [-0.4, -0.2) is 31.3 Å². The molecule has 0 heterocycles. The van der Waals surface area contributed by atoms with E-state index in [0.717, 1.165) is 30.5 Å². The second-order valence-corrected chi connectivity index (χ2v) is 5.11. The third kappa shape index (κ3) is 6.60. The highest BCUT2D eigenvalue weighted by atomic mass is 16.5. The first kappa shape index (κ1) is 17.5. The number of anilines is 1. The van der Waals surface area contributed by atoms with E-state index in [1.807, 2.05) is 24.3 Å². The summed E-state index contributed by atoms with van der Waals surface area (Å²) in [6.07, 6.45) is 2.91. The fourth-order valence-electron chi connectivity index (χ4n) is 2.25. The molecule has 0 spiro atoms. The van der Waals surface area contributed by atoms with Crippen LogP contribution in [0.25, 0.3) is 0 Å². The van der Waals surface area contributed by atoms with E-state index in [1.165, 1.54) is 0 Å². The van der Waals surface area contributed by atoms with Gasteiger partial charge in [-0.05, 0) is 24.8 Å². The summed E-state index contributed by atoms with van der Waals surface area (Å²) in [6.45, 7) is 3.50. The Morgan fingerprint density at radius 2 is 2.14 bits per heavy atom. The van der Waals surface area contributed by atoms with Gasteiger partial charge in [0, 0.05) is 31.5 Å². The van der Waals surface area contributed by atoms with Crippen LogP contribution < -0.4 is 11.1 Å². The first-order valence-electron chi connectivity index (χ1n) is 7.45. The molecule has 4 N–H and O–H groups in total. The van der Waals surface area contributed by atoms with Crippen molar-refractivity contribution in [2.75, 3.05) is 25.6 Å². The molecule has 118 valence electrons. The highest BCUT2D eigenvalue weighted by molar-refractivity contribution is 5.92. The van der Waals surface area contributed by atoms with Crippen molar-refractivity contribution < 1.29 is 9.84 Å². The van der Waals surface area contributed by atoms with Crippen LogP contribution >= 0.6 is 0 Å². The average molecular weight is 293 g/mol. The molecule has 0 amide bonds. The number of nitrogens with zero attached hydrogens (tertiary/aromatic N) is 1. The molecular formula is C16H27N3O2. The van der Waals surface area contributed by atoms with Crippen molar-refractivity contribution in [1.29, 1.82) is 0 Å². The smallest absolute Gasteiger partial charge is 0.193 e. The topological polar surface area (TPSA) is 79.9 Å². The van der Waals surface area contributed by atoms with Crippen molar-refractivity contribution in [3.63, 3.8) is 0 Å². The molecule has 0 bridgehead atoms. The molecule has 1 unspecified atom stereocenters. The maximum absolute atomic E-state index is 9.05. The number of methoxy groups -OCH3 is 1. The number of nitrogens with two attached hydrogens (primary N) is 1. The zero-order valence-electron chi connectivity index (χ0n) is 13.0. The Hall–Kier alpha value is -1.59. The number of ether oxygens (including phenoxy) is 1. The second-order valence-electron chi connectivity index (χ2n) is 5.11. The van der Waals surface area contributed by atoms with Crippen LogP contribution in [0.3, 0.4) is 0 Å². The van der Waals surface area contributed by atoms with Crippen molar-refractivity contribution in [3.8, 4) is 0 Å². The van der Waals surface area contributed by atoms with E-state index >= 15 is 0 Å². The molecular weight excluding hydrogens is 266 g/mol. The van der Waals surface area contributed by atoms with E-state index < -0.39 is 0 Å². The predicted molar refractivity (Wildman–Crippen MR) is 87.4 cm³/mol. The Labute approximate surface area is 127 Å². The summed E-state index contributed by atoms with van der Waals surface area (Å²) in [5.74, 6) is 0.784. The van der Waals surface area contributed by atoms with Crippen LogP contribution in [0.2, 0.25) is 0 Å². The number of nitrogens with one attached hydrogen (secondary N) is 1. The first-order valence-corrected chi connectivity index (χ1v) is 7.45. The molecule has 0 aromatic heterocycles. The molecule has 0 aliphatic rings. The van der Waals surface area contributed by atoms with Crippen molar-refractivity contribution in [2.45, 2.75) is 32.8 Å². The minimum atomic E-state index is 0.199. The maximum atomic E-state index is 9.05. The number of guanidine groups is 1. The number of benzene rings is 1. The summed E-state index contributed by atoms with van der Waals surface area (Å²) in [4.78, 5) is 4.39. The summed E-state index contributed by atoms with van der Waals surface area (Å²) in [5, 5.41) is 12.2. The Morgan fingerprint density at radius 1 is 1.38 bits per heavy atom. The molecule has 1 aromatic carbocycles. The number of aliphatic imine (C=N–C) groups is 1. The minimum absolute atomic E-state index is 0.199. The van der Waals surface area contributed by atoms with Gasteiger partial charge in [0.15, 0.2) is 5.96 Å². The molecule has 1 rings (SSSR count). The van der Waals surface area contributed by atoms with Gasteiger partial charge in [-0.15, -0.1) is 0 Å². The number of rotatable bonds is 9. The zero-order chi connectivity index (χ0) is 15.5. The van der Waals surface area contributed by atoms with Gasteiger partial charge in [0.2, 0.25) is 0 Å². The largest absolute Gasteiger partial charge is 0.396 e. The molecule has 0 radical (unpaired) electrons. The Bertz CT molecular complexity index is 429. The quantitative estimate of drug-likeness (QED) is 0.482. The summed E-state index contributed by atoms with van der Waals surface area (Å²) < 4.78 is 5.16. The lowest BCUT2D eigenvalue weighted by atomic mass is 10.0. The van der Waals surface area contributed by atoms with Gasteiger partial charge in [0.25, 0.3) is 0 Å². The van der Waals surface area contributed by atoms with Crippen LogP contribution in [0.4, 0.5) is 5.69 Å². The van der Waals surface area contributed by atoms with E-state index in [4.69, 9.17) is 15.6 Å². The molecule has 5 heteroatoms. The monoisotopic (exact) mass is 293 g/mol. The molecule has 0 saturated carbocycles. The van der Waals surface area contributed by atoms with Crippen LogP contribution in [0.5, 0.6) is 0 Å². The molecule has 21 heavy (non-hydrogen) atoms. The van der Waals surface area contributed by atoms with Crippen molar-refractivity contribution in [3.05, 3.63) is 29.8 Å². The summed E-state index contributed by atoms with van der Waals surface area (Å²) in [7, 11) is 1.67. The Morgan fingerprint density at radius 3 is 2.81 bits per heavy atom. The Kier molecular flexibility index (Phi) is 8.47. The van der Waals surface area contributed by atoms with Gasteiger partial charge >= 0.3 is 0 Å². The van der Waals surface area contributed by atoms with Crippen LogP contribution in [0.15, 0.2) is 29.3 Å². The lowest BCUT2D eigenvalue weighted by Gasteiger charge is -2.14. The van der Waals surface area contributed by atoms with Crippen molar-refractivity contribution in [1.82, 2.24) is 0 Å². The minimum Gasteiger partial charge on any atom is -0.396 e. The van der Waals surface area contributed by atoms with E-state index in [2.05, 4.69) is 17.2 Å². The number of aliphatic hydroxyl groups is 1. The summed E-state index contributed by atoms with van der Waals surface area (Å²) >= 11 is 0. The second kappa shape index (κ2) is 10.2. The normalized spacial score (nSPS) is 13.2. The number of para-hydroxylation sites is 1. The predicted octanol–water partition coefficient (Wildman–Crippen LogP) is 2.36. The highest BCUT2D eigenvalue weighted by Gasteiger charge is 2.07. The highest BCUT2D eigenvalue weighted by Crippen LogP contribution is 2.16. The molecule has 0 saturated heterocycles. The first-order chi connectivity index (χ1) is 10.2. The van der Waals surface area contributed by atoms with Gasteiger partial charge in [0.05, 0.1) is 6.61 Å². The van der Waals surface area contributed by atoms with Gasteiger partial charge in [0.1, 0.15) is 0 Å². The molecule has 1 atom stereocenters. The van der Waals surface area contributed by atoms with Gasteiger partial charge in [-0.25, -0.2) is 0 Å². The van der Waals surface area contributed by atoms with Crippen LogP contribution in [-0.2, 0) is 11.3 Å². The molecule has 0 aliphatic heterocycles. The van der Waals surface area contributed by atoms with E-state index in [-0.39, 0.29) is 6.61 Å². The SMILES string of the molecule is CCCC(CCO)CN=C(N)Nc1ccccc1COC. The molecule has 5 nitrogen and oxygen atoms in total. The number of aliphatic hydroxyl groups excluding tert-OH is 1. The summed E-state index contributed by atoms with van der Waals surface area (Å²) in [5.41, 5.74) is 7.90. The molecule has 0 fully saturated rings. The van der Waals surface area contributed by atoms with Crippen molar-refractivity contribution >= 4 is 11.6 Å². The lowest BCUT2D eigenvalue weighted by molar-refractivity contribution is 0.185.